The van der Waals surface area contributed by atoms with Gasteiger partial charge in [0.05, 0.1) is 18.1 Å². The number of halogens is 1. The summed E-state index contributed by atoms with van der Waals surface area (Å²) < 4.78 is 5.12. The summed E-state index contributed by atoms with van der Waals surface area (Å²) in [6.07, 6.45) is 4.69. The topological polar surface area (TPSA) is 58.6 Å². The maximum absolute atomic E-state index is 12.4. The van der Waals surface area contributed by atoms with Crippen LogP contribution in [0.3, 0.4) is 0 Å². The summed E-state index contributed by atoms with van der Waals surface area (Å²) in [5, 5.41) is 3.53. The number of nitrogens with one attached hydrogen (secondary N) is 1. The van der Waals surface area contributed by atoms with E-state index in [9.17, 15) is 9.59 Å². The number of amides is 2. The number of carbonyl (C=O) groups excluding carboxylic acids is 2. The third-order valence-electron chi connectivity index (χ3n) is 4.64. The Morgan fingerprint density at radius 3 is 2.74 bits per heavy atom. The summed E-state index contributed by atoms with van der Waals surface area (Å²) in [5.41, 5.74) is 0.706. The molecular weight excluding hydrogens is 316 g/mol. The molecule has 23 heavy (non-hydrogen) atoms. The van der Waals surface area contributed by atoms with Crippen molar-refractivity contribution in [3.8, 4) is 5.75 Å². The molecule has 5 nitrogen and oxygen atoms in total. The van der Waals surface area contributed by atoms with E-state index in [0.29, 0.717) is 23.0 Å². The summed E-state index contributed by atoms with van der Waals surface area (Å²) >= 11 is 6.13. The first kappa shape index (κ1) is 16.1. The average molecular weight is 337 g/mol. The van der Waals surface area contributed by atoms with Crippen LogP contribution in [-0.4, -0.2) is 31.5 Å². The highest BCUT2D eigenvalue weighted by atomic mass is 35.5. The van der Waals surface area contributed by atoms with Crippen molar-refractivity contribution in [1.29, 1.82) is 0 Å². The van der Waals surface area contributed by atoms with Gasteiger partial charge in [-0.25, -0.2) is 0 Å². The lowest BCUT2D eigenvalue weighted by Crippen LogP contribution is -2.38. The standard InChI is InChI=1S/C17H21ClN2O3/c1-23-15-7-6-13(9-14(15)18)20-10-11(8-16(20)21)17(22)19-12-4-2-3-5-12/h6-7,9,11-12H,2-5,8,10H2,1H3,(H,19,22)/t11-/m0/s1. The molecule has 3 rings (SSSR count). The Morgan fingerprint density at radius 2 is 2.09 bits per heavy atom. The predicted octanol–water partition coefficient (Wildman–Crippen LogP) is 2.76. The first-order chi connectivity index (χ1) is 11.1. The monoisotopic (exact) mass is 336 g/mol. The summed E-state index contributed by atoms with van der Waals surface area (Å²) in [5.74, 6) is 0.228. The highest BCUT2D eigenvalue weighted by Gasteiger charge is 2.36. The van der Waals surface area contributed by atoms with Crippen molar-refractivity contribution in [2.45, 2.75) is 38.1 Å². The molecule has 1 aromatic rings. The highest BCUT2D eigenvalue weighted by Crippen LogP contribution is 2.32. The Morgan fingerprint density at radius 1 is 1.35 bits per heavy atom. The van der Waals surface area contributed by atoms with Crippen molar-refractivity contribution in [2.75, 3.05) is 18.6 Å². The molecular formula is C17H21ClN2O3. The van der Waals surface area contributed by atoms with Gasteiger partial charge in [-0.3, -0.25) is 9.59 Å². The number of ether oxygens (including phenoxy) is 1. The van der Waals surface area contributed by atoms with Crippen LogP contribution in [0.25, 0.3) is 0 Å². The molecule has 0 spiro atoms. The molecule has 0 unspecified atom stereocenters. The predicted molar refractivity (Wildman–Crippen MR) is 88.9 cm³/mol. The Labute approximate surface area is 140 Å². The molecule has 2 aliphatic rings. The lowest BCUT2D eigenvalue weighted by molar-refractivity contribution is -0.126. The lowest BCUT2D eigenvalue weighted by Gasteiger charge is -2.19. The molecule has 1 aromatic carbocycles. The van der Waals surface area contributed by atoms with Crippen LogP contribution in [0.1, 0.15) is 32.1 Å². The normalized spacial score (nSPS) is 21.7. The lowest BCUT2D eigenvalue weighted by atomic mass is 10.1. The number of carbonyl (C=O) groups is 2. The van der Waals surface area contributed by atoms with Crippen molar-refractivity contribution in [2.24, 2.45) is 5.92 Å². The highest BCUT2D eigenvalue weighted by molar-refractivity contribution is 6.32. The third-order valence-corrected chi connectivity index (χ3v) is 4.94. The summed E-state index contributed by atoms with van der Waals surface area (Å²) in [6, 6.07) is 5.51. The quantitative estimate of drug-likeness (QED) is 0.919. The van der Waals surface area contributed by atoms with Crippen molar-refractivity contribution in [3.05, 3.63) is 23.2 Å². The van der Waals surface area contributed by atoms with Gasteiger partial charge < -0.3 is 15.0 Å². The fourth-order valence-corrected chi connectivity index (χ4v) is 3.60. The molecule has 1 N–H and O–H groups in total. The van der Waals surface area contributed by atoms with Crippen LogP contribution in [0.5, 0.6) is 5.75 Å². The van der Waals surface area contributed by atoms with Gasteiger partial charge in [0.15, 0.2) is 0 Å². The number of anilines is 1. The molecule has 0 radical (unpaired) electrons. The Kier molecular flexibility index (Phi) is 4.76. The summed E-state index contributed by atoms with van der Waals surface area (Å²) in [7, 11) is 1.55. The second kappa shape index (κ2) is 6.79. The molecule has 1 aliphatic carbocycles. The van der Waals surface area contributed by atoms with Gasteiger partial charge in [0.1, 0.15) is 5.75 Å². The first-order valence-electron chi connectivity index (χ1n) is 8.02. The second-order valence-corrected chi connectivity index (χ2v) is 6.62. The SMILES string of the molecule is COc1ccc(N2C[C@@H](C(=O)NC3CCCC3)CC2=O)cc1Cl. The fourth-order valence-electron chi connectivity index (χ4n) is 3.35. The molecule has 1 atom stereocenters. The molecule has 2 amide bonds. The van der Waals surface area contributed by atoms with E-state index in [2.05, 4.69) is 5.32 Å². The number of hydrogen-bond donors (Lipinski definition) is 1. The number of methoxy groups -OCH3 is 1. The zero-order valence-corrected chi connectivity index (χ0v) is 13.9. The maximum atomic E-state index is 12.4. The van der Waals surface area contributed by atoms with Gasteiger partial charge in [-0.05, 0) is 31.0 Å². The third kappa shape index (κ3) is 3.44. The van der Waals surface area contributed by atoms with Crippen LogP contribution < -0.4 is 15.0 Å². The van der Waals surface area contributed by atoms with Gasteiger partial charge >= 0.3 is 0 Å². The molecule has 0 aromatic heterocycles. The first-order valence-corrected chi connectivity index (χ1v) is 8.40. The largest absolute Gasteiger partial charge is 0.495 e. The van der Waals surface area contributed by atoms with Crippen molar-refractivity contribution in [3.63, 3.8) is 0 Å². The van der Waals surface area contributed by atoms with E-state index >= 15 is 0 Å². The number of benzene rings is 1. The van der Waals surface area contributed by atoms with Crippen LogP contribution in [-0.2, 0) is 9.59 Å². The molecule has 1 saturated carbocycles. The molecule has 1 aliphatic heterocycles. The molecule has 6 heteroatoms. The zero-order chi connectivity index (χ0) is 16.4. The zero-order valence-electron chi connectivity index (χ0n) is 13.2. The molecule has 0 bridgehead atoms. The maximum Gasteiger partial charge on any atom is 0.227 e. The van der Waals surface area contributed by atoms with Gasteiger partial charge in [-0.2, -0.15) is 0 Å². The fraction of sp³-hybridized carbons (Fsp3) is 0.529. The van der Waals surface area contributed by atoms with Crippen molar-refractivity contribution >= 4 is 29.1 Å². The van der Waals surface area contributed by atoms with E-state index in [1.807, 2.05) is 0 Å². The van der Waals surface area contributed by atoms with E-state index in [1.54, 1.807) is 30.2 Å². The second-order valence-electron chi connectivity index (χ2n) is 6.21. The van der Waals surface area contributed by atoms with Crippen LogP contribution in [0.4, 0.5) is 5.69 Å². The van der Waals surface area contributed by atoms with E-state index < -0.39 is 0 Å². The Hall–Kier alpha value is -1.75. The minimum Gasteiger partial charge on any atom is -0.495 e. The average Bonchev–Trinajstić information content (AvgIpc) is 3.16. The van der Waals surface area contributed by atoms with Crippen molar-refractivity contribution < 1.29 is 14.3 Å². The van der Waals surface area contributed by atoms with Crippen LogP contribution in [0.15, 0.2) is 18.2 Å². The van der Waals surface area contributed by atoms with Crippen LogP contribution >= 0.6 is 11.6 Å². The molecule has 1 heterocycles. The molecule has 124 valence electrons. The van der Waals surface area contributed by atoms with E-state index in [-0.39, 0.29) is 30.2 Å². The van der Waals surface area contributed by atoms with E-state index in [4.69, 9.17) is 16.3 Å². The number of hydrogen-bond acceptors (Lipinski definition) is 3. The van der Waals surface area contributed by atoms with E-state index in [1.165, 1.54) is 12.8 Å². The van der Waals surface area contributed by atoms with Crippen LogP contribution in [0, 0.1) is 5.92 Å². The Bertz CT molecular complexity index is 614. The van der Waals surface area contributed by atoms with Gasteiger partial charge in [0, 0.05) is 24.7 Å². The van der Waals surface area contributed by atoms with Crippen molar-refractivity contribution in [1.82, 2.24) is 5.32 Å². The number of nitrogens with zero attached hydrogens (tertiary/aromatic N) is 1. The van der Waals surface area contributed by atoms with Gasteiger partial charge in [0.2, 0.25) is 11.8 Å². The van der Waals surface area contributed by atoms with Gasteiger partial charge in [0.25, 0.3) is 0 Å². The summed E-state index contributed by atoms with van der Waals surface area (Å²) in [6.45, 7) is 0.403. The van der Waals surface area contributed by atoms with Gasteiger partial charge in [-0.1, -0.05) is 24.4 Å². The minimum atomic E-state index is -0.288. The summed E-state index contributed by atoms with van der Waals surface area (Å²) in [4.78, 5) is 26.2. The van der Waals surface area contributed by atoms with E-state index in [0.717, 1.165) is 12.8 Å². The Balaban J connectivity index is 1.67. The van der Waals surface area contributed by atoms with Gasteiger partial charge in [-0.15, -0.1) is 0 Å². The number of rotatable bonds is 4. The molecule has 2 fully saturated rings. The smallest absolute Gasteiger partial charge is 0.227 e. The minimum absolute atomic E-state index is 0.00708. The van der Waals surface area contributed by atoms with Crippen LogP contribution in [0.2, 0.25) is 5.02 Å². The molecule has 1 saturated heterocycles.